The van der Waals surface area contributed by atoms with Crippen LogP contribution in [0.25, 0.3) is 0 Å². The average molecular weight is 334 g/mol. The van der Waals surface area contributed by atoms with Crippen molar-refractivity contribution >= 4 is 0 Å². The van der Waals surface area contributed by atoms with Gasteiger partial charge in [-0.05, 0) is 66.2 Å². The van der Waals surface area contributed by atoms with Gasteiger partial charge in [-0.15, -0.1) is 0 Å². The molecular formula is C20H30O4. The van der Waals surface area contributed by atoms with Crippen molar-refractivity contribution in [2.75, 3.05) is 13.2 Å². The summed E-state index contributed by atoms with van der Waals surface area (Å²) in [5.74, 6) is 1.45. The van der Waals surface area contributed by atoms with Crippen molar-refractivity contribution in [3.63, 3.8) is 0 Å². The highest BCUT2D eigenvalue weighted by molar-refractivity contribution is 5.48. The highest BCUT2D eigenvalue weighted by Crippen LogP contribution is 2.47. The Balaban J connectivity index is 2.19. The summed E-state index contributed by atoms with van der Waals surface area (Å²) in [6.07, 6.45) is 5.85. The number of fused-ring (bicyclic) bond motifs is 1. The number of phenolic OH excluding ortho intramolecular Hbond substituents is 1. The van der Waals surface area contributed by atoms with E-state index >= 15 is 0 Å². The first-order valence-corrected chi connectivity index (χ1v) is 8.87. The molecule has 24 heavy (non-hydrogen) atoms. The Morgan fingerprint density at radius 1 is 1.21 bits per heavy atom. The molecule has 1 aliphatic rings. The van der Waals surface area contributed by atoms with Crippen LogP contribution in [0.2, 0.25) is 0 Å². The van der Waals surface area contributed by atoms with Crippen molar-refractivity contribution in [3.8, 4) is 5.75 Å². The zero-order chi connectivity index (χ0) is 17.7. The number of aromatic hydroxyl groups is 1. The largest absolute Gasteiger partial charge is 0.508 e. The van der Waals surface area contributed by atoms with Crippen LogP contribution in [0, 0.1) is 5.92 Å². The van der Waals surface area contributed by atoms with Crippen LogP contribution in [0.1, 0.15) is 68.1 Å². The van der Waals surface area contributed by atoms with E-state index in [-0.39, 0.29) is 19.8 Å². The van der Waals surface area contributed by atoms with Crippen molar-refractivity contribution in [3.05, 3.63) is 40.5 Å². The monoisotopic (exact) mass is 334 g/mol. The van der Waals surface area contributed by atoms with Gasteiger partial charge >= 0.3 is 0 Å². The number of allylic oxidation sites excluding steroid dienone is 1. The minimum Gasteiger partial charge on any atom is -0.508 e. The minimum absolute atomic E-state index is 0.0601. The lowest BCUT2D eigenvalue weighted by Gasteiger charge is -2.34. The molecule has 0 saturated carbocycles. The van der Waals surface area contributed by atoms with Crippen molar-refractivity contribution in [2.24, 2.45) is 5.92 Å². The van der Waals surface area contributed by atoms with Crippen LogP contribution in [-0.4, -0.2) is 33.6 Å². The summed E-state index contributed by atoms with van der Waals surface area (Å²) < 4.78 is 0. The molecule has 0 spiro atoms. The molecule has 0 aromatic heterocycles. The lowest BCUT2D eigenvalue weighted by molar-refractivity contribution is 0.275. The van der Waals surface area contributed by atoms with Gasteiger partial charge in [-0.3, -0.25) is 0 Å². The molecule has 1 aliphatic carbocycles. The lowest BCUT2D eigenvalue weighted by Crippen LogP contribution is -2.19. The number of hydrogen-bond donors (Lipinski definition) is 4. The third kappa shape index (κ3) is 4.18. The first kappa shape index (κ1) is 19.0. The first-order chi connectivity index (χ1) is 11.5. The Labute approximate surface area is 144 Å². The summed E-state index contributed by atoms with van der Waals surface area (Å²) in [5, 5.41) is 38.0. The molecule has 4 N–H and O–H groups in total. The molecule has 1 aromatic carbocycles. The van der Waals surface area contributed by atoms with Crippen molar-refractivity contribution < 1.29 is 20.4 Å². The molecule has 2 rings (SSSR count). The first-order valence-electron chi connectivity index (χ1n) is 8.87. The van der Waals surface area contributed by atoms with Gasteiger partial charge in [0.25, 0.3) is 0 Å². The van der Waals surface area contributed by atoms with Gasteiger partial charge in [-0.2, -0.15) is 0 Å². The number of benzene rings is 1. The number of phenols is 1. The number of rotatable bonds is 7. The van der Waals surface area contributed by atoms with Gasteiger partial charge in [-0.1, -0.05) is 26.0 Å². The average Bonchev–Trinajstić information content (AvgIpc) is 2.58. The van der Waals surface area contributed by atoms with Crippen LogP contribution in [-0.2, 0) is 6.61 Å². The Morgan fingerprint density at radius 3 is 2.54 bits per heavy atom. The van der Waals surface area contributed by atoms with Crippen LogP contribution in [0.3, 0.4) is 0 Å². The van der Waals surface area contributed by atoms with E-state index in [9.17, 15) is 10.2 Å². The van der Waals surface area contributed by atoms with E-state index in [4.69, 9.17) is 10.2 Å². The predicted molar refractivity (Wildman–Crippen MR) is 95.1 cm³/mol. The third-order valence-electron chi connectivity index (χ3n) is 5.38. The van der Waals surface area contributed by atoms with Crippen molar-refractivity contribution in [2.45, 2.75) is 58.0 Å². The fourth-order valence-corrected chi connectivity index (χ4v) is 3.91. The Hall–Kier alpha value is -1.36. The predicted octanol–water partition coefficient (Wildman–Crippen LogP) is 3.19. The van der Waals surface area contributed by atoms with Gasteiger partial charge in [0.15, 0.2) is 0 Å². The highest BCUT2D eigenvalue weighted by atomic mass is 16.3. The Morgan fingerprint density at radius 2 is 1.92 bits per heavy atom. The van der Waals surface area contributed by atoms with E-state index in [1.807, 2.05) is 6.08 Å². The highest BCUT2D eigenvalue weighted by Gasteiger charge is 2.30. The summed E-state index contributed by atoms with van der Waals surface area (Å²) in [7, 11) is 0. The molecule has 0 amide bonds. The molecule has 3 atom stereocenters. The van der Waals surface area contributed by atoms with Crippen molar-refractivity contribution in [1.29, 1.82) is 0 Å². The van der Waals surface area contributed by atoms with Crippen LogP contribution in [0.15, 0.2) is 23.8 Å². The molecule has 0 heterocycles. The minimum atomic E-state index is -0.0949. The van der Waals surface area contributed by atoms with E-state index in [1.165, 1.54) is 5.56 Å². The molecule has 0 aliphatic heterocycles. The zero-order valence-corrected chi connectivity index (χ0v) is 14.7. The number of aliphatic hydroxyl groups is 3. The molecule has 1 aromatic rings. The maximum Gasteiger partial charge on any atom is 0.119 e. The van der Waals surface area contributed by atoms with Gasteiger partial charge in [0.05, 0.1) is 19.8 Å². The second-order valence-corrected chi connectivity index (χ2v) is 7.09. The van der Waals surface area contributed by atoms with Gasteiger partial charge in [0.2, 0.25) is 0 Å². The molecule has 0 unspecified atom stereocenters. The SMILES string of the molecule is C[C@@H]1CC[C@@H]([C@@H](C)CCC=C(CO)CO)c2cc(CO)cc(O)c21. The van der Waals surface area contributed by atoms with Gasteiger partial charge in [0, 0.05) is 5.56 Å². The molecule has 0 saturated heterocycles. The van der Waals surface area contributed by atoms with E-state index in [2.05, 4.69) is 19.9 Å². The fourth-order valence-electron chi connectivity index (χ4n) is 3.91. The maximum absolute atomic E-state index is 10.4. The molecular weight excluding hydrogens is 304 g/mol. The Kier molecular flexibility index (Phi) is 6.84. The standard InChI is InChI=1S/C20H30O4/c1-13(4-3-5-15(10-21)11-22)17-7-6-14(2)20-18(17)8-16(12-23)9-19(20)24/h5,8-9,13-14,17,21-24H,3-4,6-7,10-12H2,1-2H3/t13-,14+,17-/m0/s1. The summed E-state index contributed by atoms with van der Waals surface area (Å²) in [5.41, 5.74) is 3.65. The van der Waals surface area contributed by atoms with Gasteiger partial charge in [0.1, 0.15) is 5.75 Å². The third-order valence-corrected chi connectivity index (χ3v) is 5.38. The van der Waals surface area contributed by atoms with E-state index < -0.39 is 0 Å². The molecule has 134 valence electrons. The second kappa shape index (κ2) is 8.65. The van der Waals surface area contributed by atoms with Crippen LogP contribution in [0.4, 0.5) is 0 Å². The van der Waals surface area contributed by atoms with Gasteiger partial charge in [-0.25, -0.2) is 0 Å². The molecule has 4 nitrogen and oxygen atoms in total. The molecule has 0 fully saturated rings. The smallest absolute Gasteiger partial charge is 0.119 e. The van der Waals surface area contributed by atoms with Crippen LogP contribution >= 0.6 is 0 Å². The number of aliphatic hydroxyl groups excluding tert-OH is 3. The summed E-state index contributed by atoms with van der Waals surface area (Å²) in [6.45, 7) is 4.12. The Bertz CT molecular complexity index is 573. The van der Waals surface area contributed by atoms with Crippen molar-refractivity contribution in [1.82, 2.24) is 0 Å². The maximum atomic E-state index is 10.4. The number of hydrogen-bond acceptors (Lipinski definition) is 4. The molecule has 0 bridgehead atoms. The molecule has 4 heteroatoms. The van der Waals surface area contributed by atoms with E-state index in [1.54, 1.807) is 6.07 Å². The van der Waals surface area contributed by atoms with Crippen LogP contribution in [0.5, 0.6) is 5.75 Å². The summed E-state index contributed by atoms with van der Waals surface area (Å²) >= 11 is 0. The normalized spacial score (nSPS) is 21.2. The topological polar surface area (TPSA) is 80.9 Å². The van der Waals surface area contributed by atoms with E-state index in [0.717, 1.165) is 36.8 Å². The summed E-state index contributed by atoms with van der Waals surface area (Å²) in [4.78, 5) is 0. The molecule has 0 radical (unpaired) electrons. The lowest BCUT2D eigenvalue weighted by atomic mass is 9.71. The van der Waals surface area contributed by atoms with Gasteiger partial charge < -0.3 is 20.4 Å². The summed E-state index contributed by atoms with van der Waals surface area (Å²) in [6, 6.07) is 3.73. The quantitative estimate of drug-likeness (QED) is 0.577. The van der Waals surface area contributed by atoms with E-state index in [0.29, 0.717) is 29.1 Å². The van der Waals surface area contributed by atoms with Crippen LogP contribution < -0.4 is 0 Å². The zero-order valence-electron chi connectivity index (χ0n) is 14.7. The fraction of sp³-hybridized carbons (Fsp3) is 0.600. The second-order valence-electron chi connectivity index (χ2n) is 7.09.